The molecular formula is C35H46N4O2. The lowest BCUT2D eigenvalue weighted by atomic mass is 9.85. The average Bonchev–Trinajstić information content (AvgIpc) is 3.00. The molecule has 1 saturated heterocycles. The second kappa shape index (κ2) is 12.9. The van der Waals surface area contributed by atoms with Crippen LogP contribution in [-0.2, 0) is 18.4 Å². The van der Waals surface area contributed by atoms with Crippen molar-refractivity contribution in [2.45, 2.75) is 64.0 Å². The first-order valence-electron chi connectivity index (χ1n) is 15.9. The van der Waals surface area contributed by atoms with Gasteiger partial charge in [-0.25, -0.2) is 0 Å². The summed E-state index contributed by atoms with van der Waals surface area (Å²) >= 11 is 0. The Labute approximate surface area is 244 Å². The predicted molar refractivity (Wildman–Crippen MR) is 166 cm³/mol. The molecule has 3 aliphatic rings. The number of carbonyl (C=O) groups is 1. The molecule has 1 amide bonds. The van der Waals surface area contributed by atoms with Crippen LogP contribution in [0.15, 0.2) is 65.5 Å². The highest BCUT2D eigenvalue weighted by molar-refractivity contribution is 5.81. The second-order valence-electron chi connectivity index (χ2n) is 12.7. The normalized spacial score (nSPS) is 21.1. The van der Waals surface area contributed by atoms with Crippen molar-refractivity contribution in [3.63, 3.8) is 0 Å². The van der Waals surface area contributed by atoms with E-state index in [1.807, 2.05) is 36.2 Å². The quantitative estimate of drug-likeness (QED) is 0.345. The van der Waals surface area contributed by atoms with Crippen molar-refractivity contribution < 1.29 is 4.79 Å². The molecule has 1 atom stereocenters. The van der Waals surface area contributed by atoms with Gasteiger partial charge in [0.05, 0.1) is 12.1 Å². The van der Waals surface area contributed by atoms with Crippen molar-refractivity contribution in [2.24, 2.45) is 18.9 Å². The fourth-order valence-electron chi connectivity index (χ4n) is 7.27. The minimum absolute atomic E-state index is 0.00286. The molecule has 1 unspecified atom stereocenters. The highest BCUT2D eigenvalue weighted by Crippen LogP contribution is 2.31. The van der Waals surface area contributed by atoms with Gasteiger partial charge in [-0.3, -0.25) is 19.4 Å². The van der Waals surface area contributed by atoms with Gasteiger partial charge in [0.25, 0.3) is 5.56 Å². The zero-order valence-corrected chi connectivity index (χ0v) is 24.7. The smallest absolute Gasteiger partial charge is 0.255 e. The van der Waals surface area contributed by atoms with Crippen LogP contribution in [0.3, 0.4) is 0 Å². The number of aryl methyl sites for hydroxylation is 1. The largest absolute Gasteiger partial charge is 0.337 e. The van der Waals surface area contributed by atoms with Crippen LogP contribution in [0.5, 0.6) is 0 Å². The summed E-state index contributed by atoms with van der Waals surface area (Å²) in [6, 6.07) is 21.2. The molecular weight excluding hydrogens is 508 g/mol. The first-order chi connectivity index (χ1) is 20.1. The van der Waals surface area contributed by atoms with Crippen molar-refractivity contribution in [3.8, 4) is 0 Å². The molecule has 0 radical (unpaired) electrons. The van der Waals surface area contributed by atoms with E-state index in [1.165, 1.54) is 37.8 Å². The molecule has 0 spiro atoms. The van der Waals surface area contributed by atoms with Crippen LogP contribution in [0, 0.1) is 11.8 Å². The van der Waals surface area contributed by atoms with Gasteiger partial charge in [0.2, 0.25) is 5.91 Å². The molecule has 6 rings (SSSR count). The molecule has 0 N–H and O–H groups in total. The van der Waals surface area contributed by atoms with Crippen molar-refractivity contribution in [1.82, 2.24) is 19.3 Å². The number of para-hydroxylation sites is 1. The lowest BCUT2D eigenvalue weighted by molar-refractivity contribution is -0.137. The number of piperazine rings is 1. The predicted octanol–water partition coefficient (Wildman–Crippen LogP) is 5.61. The second-order valence-corrected chi connectivity index (χ2v) is 12.7. The van der Waals surface area contributed by atoms with E-state index in [0.717, 1.165) is 68.7 Å². The number of fused-ring (bicyclic) bond motifs is 1. The third-order valence-corrected chi connectivity index (χ3v) is 9.99. The summed E-state index contributed by atoms with van der Waals surface area (Å²) in [5.41, 5.74) is 2.99. The van der Waals surface area contributed by atoms with E-state index in [9.17, 15) is 9.59 Å². The third-order valence-electron chi connectivity index (χ3n) is 9.99. The Kier molecular flexibility index (Phi) is 8.87. The molecule has 1 aliphatic heterocycles. The van der Waals surface area contributed by atoms with Gasteiger partial charge in [-0.1, -0.05) is 74.2 Å². The Morgan fingerprint density at radius 3 is 2.41 bits per heavy atom. The van der Waals surface area contributed by atoms with Gasteiger partial charge >= 0.3 is 0 Å². The number of carbonyl (C=O) groups excluding carboxylic acids is 1. The van der Waals surface area contributed by atoms with E-state index in [-0.39, 0.29) is 17.4 Å². The van der Waals surface area contributed by atoms with E-state index in [0.29, 0.717) is 24.7 Å². The van der Waals surface area contributed by atoms with Crippen LogP contribution < -0.4 is 5.56 Å². The van der Waals surface area contributed by atoms with E-state index >= 15 is 0 Å². The molecule has 3 aromatic rings. The standard InChI is InChI=1S/C35H46N4O2/c1-36-32-18-9-8-17-30(32)23-31(34(36)40)25-39(35(41)29-15-6-3-7-16-29)22-21-38-20-19-37(24-27-11-10-12-27)26-33(38)28-13-4-2-5-14-28/h2,4-5,8-9,13-14,17-18,23,27,29,33H,3,6-7,10-12,15-16,19-22,24-26H2,1H3. The third kappa shape index (κ3) is 6.44. The number of hydrogen-bond acceptors (Lipinski definition) is 4. The van der Waals surface area contributed by atoms with Gasteiger partial charge in [0, 0.05) is 63.8 Å². The van der Waals surface area contributed by atoms with Gasteiger partial charge in [-0.05, 0) is 54.7 Å². The maximum atomic E-state index is 14.0. The summed E-state index contributed by atoms with van der Waals surface area (Å²) < 4.78 is 1.74. The fraction of sp³-hybridized carbons (Fsp3) is 0.543. The summed E-state index contributed by atoms with van der Waals surface area (Å²) in [5, 5.41) is 1.04. The highest BCUT2D eigenvalue weighted by Gasteiger charge is 2.32. The molecule has 1 aromatic heterocycles. The van der Waals surface area contributed by atoms with E-state index in [1.54, 1.807) is 4.57 Å². The van der Waals surface area contributed by atoms with Gasteiger partial charge in [-0.2, -0.15) is 0 Å². The maximum Gasteiger partial charge on any atom is 0.255 e. The van der Waals surface area contributed by atoms with Crippen molar-refractivity contribution in [3.05, 3.63) is 82.1 Å². The van der Waals surface area contributed by atoms with Crippen LogP contribution >= 0.6 is 0 Å². The number of nitrogens with zero attached hydrogens (tertiary/aromatic N) is 4. The zero-order valence-electron chi connectivity index (χ0n) is 24.7. The van der Waals surface area contributed by atoms with Crippen molar-refractivity contribution in [2.75, 3.05) is 39.3 Å². The molecule has 6 nitrogen and oxygen atoms in total. The first kappa shape index (κ1) is 28.2. The van der Waals surface area contributed by atoms with Crippen LogP contribution in [0.2, 0.25) is 0 Å². The lowest BCUT2D eigenvalue weighted by Gasteiger charge is -2.44. The molecule has 0 bridgehead atoms. The summed E-state index contributed by atoms with van der Waals surface area (Å²) in [6.07, 6.45) is 9.55. The van der Waals surface area contributed by atoms with Crippen LogP contribution in [0.4, 0.5) is 0 Å². The highest BCUT2D eigenvalue weighted by atomic mass is 16.2. The monoisotopic (exact) mass is 554 g/mol. The Morgan fingerprint density at radius 2 is 1.66 bits per heavy atom. The minimum atomic E-state index is -0.00286. The van der Waals surface area contributed by atoms with Gasteiger partial charge in [0.15, 0.2) is 0 Å². The Balaban J connectivity index is 1.22. The van der Waals surface area contributed by atoms with Gasteiger partial charge in [-0.15, -0.1) is 0 Å². The Hall–Kier alpha value is -2.96. The maximum absolute atomic E-state index is 14.0. The molecule has 41 heavy (non-hydrogen) atoms. The van der Waals surface area contributed by atoms with E-state index in [4.69, 9.17) is 0 Å². The van der Waals surface area contributed by atoms with Crippen molar-refractivity contribution in [1.29, 1.82) is 0 Å². The zero-order chi connectivity index (χ0) is 28.2. The topological polar surface area (TPSA) is 48.8 Å². The summed E-state index contributed by atoms with van der Waals surface area (Å²) in [4.78, 5) is 34.7. The van der Waals surface area contributed by atoms with Crippen LogP contribution in [-0.4, -0.2) is 64.4 Å². The minimum Gasteiger partial charge on any atom is -0.337 e. The first-order valence-corrected chi connectivity index (χ1v) is 15.9. The molecule has 3 fully saturated rings. The van der Waals surface area contributed by atoms with Crippen LogP contribution in [0.25, 0.3) is 10.9 Å². The molecule has 6 heteroatoms. The SMILES string of the molecule is Cn1c(=O)c(CN(CCN2CCN(CC3CCC3)CC2c2ccccc2)C(=O)C2CCCCC2)cc2ccccc21. The molecule has 218 valence electrons. The summed E-state index contributed by atoms with van der Waals surface area (Å²) in [5.74, 6) is 1.18. The lowest BCUT2D eigenvalue weighted by Crippen LogP contribution is -2.52. The fourth-order valence-corrected chi connectivity index (χ4v) is 7.27. The van der Waals surface area contributed by atoms with Gasteiger partial charge in [0.1, 0.15) is 0 Å². The molecule has 2 aromatic carbocycles. The molecule has 2 saturated carbocycles. The number of pyridine rings is 1. The Bertz CT molecular complexity index is 1380. The number of rotatable bonds is 9. The molecule has 2 aliphatic carbocycles. The number of benzene rings is 2. The van der Waals surface area contributed by atoms with Crippen LogP contribution in [0.1, 0.15) is 68.5 Å². The van der Waals surface area contributed by atoms with E-state index < -0.39 is 0 Å². The molecule has 2 heterocycles. The number of amides is 1. The summed E-state index contributed by atoms with van der Waals surface area (Å²) in [7, 11) is 1.84. The summed E-state index contributed by atoms with van der Waals surface area (Å²) in [6.45, 7) is 6.21. The van der Waals surface area contributed by atoms with Crippen molar-refractivity contribution >= 4 is 16.8 Å². The number of aromatic nitrogens is 1. The average molecular weight is 555 g/mol. The van der Waals surface area contributed by atoms with E-state index in [2.05, 4.69) is 46.2 Å². The number of hydrogen-bond donors (Lipinski definition) is 0. The van der Waals surface area contributed by atoms with Gasteiger partial charge < -0.3 is 9.47 Å². The Morgan fingerprint density at radius 1 is 0.902 bits per heavy atom.